The number of aromatic amines is 1. The average molecular weight is 526 g/mol. The van der Waals surface area contributed by atoms with Gasteiger partial charge in [0, 0.05) is 47.2 Å². The molecule has 0 amide bonds. The van der Waals surface area contributed by atoms with E-state index < -0.39 is 15.8 Å². The molecule has 0 saturated carbocycles. The van der Waals surface area contributed by atoms with Crippen molar-refractivity contribution in [3.05, 3.63) is 116 Å². The van der Waals surface area contributed by atoms with Crippen LogP contribution in [-0.2, 0) is 4.74 Å². The van der Waals surface area contributed by atoms with Crippen LogP contribution in [0.5, 0.6) is 0 Å². The van der Waals surface area contributed by atoms with E-state index >= 15 is 0 Å². The number of benzene rings is 3. The molecule has 4 aromatic rings. The van der Waals surface area contributed by atoms with E-state index in [1.54, 1.807) is 23.3 Å². The summed E-state index contributed by atoms with van der Waals surface area (Å²) in [5.74, 6) is -0.114. The molecule has 1 aliphatic rings. The summed E-state index contributed by atoms with van der Waals surface area (Å²) in [6.45, 7) is 2.11. The van der Waals surface area contributed by atoms with Crippen molar-refractivity contribution >= 4 is 34.6 Å². The maximum absolute atomic E-state index is 13.2. The second-order valence-electron chi connectivity index (χ2n) is 8.80. The number of H-pyrrole nitrogens is 1. The van der Waals surface area contributed by atoms with Crippen LogP contribution in [-0.4, -0.2) is 33.1 Å². The first-order valence-electron chi connectivity index (χ1n) is 12.2. The molecule has 0 atom stereocenters. The molecule has 1 N–H and O–H groups in total. The molecule has 0 aliphatic heterocycles. The van der Waals surface area contributed by atoms with E-state index in [0.717, 1.165) is 6.42 Å². The van der Waals surface area contributed by atoms with Crippen LogP contribution in [0.2, 0.25) is 0 Å². The minimum Gasteiger partial charge on any atom is -0.462 e. The van der Waals surface area contributed by atoms with Gasteiger partial charge in [0.15, 0.2) is 0 Å². The van der Waals surface area contributed by atoms with E-state index in [9.17, 15) is 25.0 Å². The van der Waals surface area contributed by atoms with Crippen LogP contribution < -0.4 is 5.01 Å². The Morgan fingerprint density at radius 1 is 0.923 bits per heavy atom. The van der Waals surface area contributed by atoms with Gasteiger partial charge in [0.2, 0.25) is 0 Å². The number of aromatic nitrogens is 1. The average Bonchev–Trinajstić information content (AvgIpc) is 3.58. The third kappa shape index (κ3) is 4.85. The molecule has 0 unspecified atom stereocenters. The molecule has 0 radical (unpaired) electrons. The van der Waals surface area contributed by atoms with Crippen molar-refractivity contribution in [1.29, 1.82) is 0 Å². The van der Waals surface area contributed by atoms with Crippen LogP contribution >= 0.6 is 0 Å². The van der Waals surface area contributed by atoms with Gasteiger partial charge in [-0.25, -0.2) is 9.80 Å². The minimum absolute atomic E-state index is 0.00161. The van der Waals surface area contributed by atoms with Crippen molar-refractivity contribution in [3.8, 4) is 11.1 Å². The van der Waals surface area contributed by atoms with Crippen molar-refractivity contribution in [2.45, 2.75) is 19.8 Å². The van der Waals surface area contributed by atoms with Gasteiger partial charge in [-0.2, -0.15) is 5.10 Å². The largest absolute Gasteiger partial charge is 0.462 e. The summed E-state index contributed by atoms with van der Waals surface area (Å²) in [6.07, 6.45) is 3.17. The highest BCUT2D eigenvalue weighted by Gasteiger charge is 2.35. The van der Waals surface area contributed by atoms with Crippen molar-refractivity contribution in [3.63, 3.8) is 0 Å². The number of hydrazone groups is 1. The number of nitrogens with zero attached hydrogens (tertiary/aromatic N) is 4. The Labute approximate surface area is 222 Å². The topological polar surface area (TPSA) is 144 Å². The zero-order valence-corrected chi connectivity index (χ0v) is 20.9. The van der Waals surface area contributed by atoms with Crippen molar-refractivity contribution in [2.75, 3.05) is 11.6 Å². The molecule has 1 aliphatic carbocycles. The molecule has 39 heavy (non-hydrogen) atoms. The van der Waals surface area contributed by atoms with Crippen molar-refractivity contribution < 1.29 is 19.4 Å². The van der Waals surface area contributed by atoms with Crippen molar-refractivity contribution in [2.24, 2.45) is 5.10 Å². The highest BCUT2D eigenvalue weighted by Crippen LogP contribution is 2.44. The molecule has 0 fully saturated rings. The Bertz CT molecular complexity index is 1600. The normalized spacial score (nSPS) is 12.6. The summed E-state index contributed by atoms with van der Waals surface area (Å²) in [5.41, 5.74) is 1.97. The van der Waals surface area contributed by atoms with Gasteiger partial charge >= 0.3 is 5.97 Å². The van der Waals surface area contributed by atoms with E-state index in [0.29, 0.717) is 40.2 Å². The number of hydrogen-bond donors (Lipinski definition) is 1. The number of nitro groups is 2. The van der Waals surface area contributed by atoms with Crippen LogP contribution in [0.15, 0.2) is 84.1 Å². The van der Waals surface area contributed by atoms with Gasteiger partial charge in [0.25, 0.3) is 11.4 Å². The summed E-state index contributed by atoms with van der Waals surface area (Å²) in [4.78, 5) is 38.7. The lowest BCUT2D eigenvalue weighted by Crippen LogP contribution is -2.15. The molecular formula is C28H23N5O6. The zero-order valence-electron chi connectivity index (χ0n) is 20.9. The molecule has 0 saturated heterocycles. The Kier molecular flexibility index (Phi) is 6.87. The summed E-state index contributed by atoms with van der Waals surface area (Å²) >= 11 is 0. The lowest BCUT2D eigenvalue weighted by atomic mass is 9.98. The van der Waals surface area contributed by atoms with Crippen LogP contribution in [0, 0.1) is 20.2 Å². The molecule has 5 rings (SSSR count). The standard InChI is InChI=1S/C28H23N5O6/c1-2-3-14-39-28(34)24-17-20(33(37)38)16-23-26(24)21-12-11-19(32(35)36)15-22(21)27(23)30-31(25-10-7-13-29-25)18-8-5-4-6-9-18/h4-13,15-17,29H,2-3,14H2,1H3. The van der Waals surface area contributed by atoms with Gasteiger partial charge in [-0.15, -0.1) is 0 Å². The third-order valence-corrected chi connectivity index (χ3v) is 6.29. The van der Waals surface area contributed by atoms with E-state index in [1.807, 2.05) is 37.3 Å². The summed E-state index contributed by atoms with van der Waals surface area (Å²) in [7, 11) is 0. The van der Waals surface area contributed by atoms with Gasteiger partial charge in [0.1, 0.15) is 11.5 Å². The molecule has 11 heteroatoms. The maximum Gasteiger partial charge on any atom is 0.339 e. The fourth-order valence-electron chi connectivity index (χ4n) is 4.44. The fraction of sp³-hybridized carbons (Fsp3) is 0.143. The summed E-state index contributed by atoms with van der Waals surface area (Å²) in [6, 6.07) is 19.5. The lowest BCUT2D eigenvalue weighted by molar-refractivity contribution is -0.385. The number of anilines is 2. The monoisotopic (exact) mass is 525 g/mol. The molecule has 3 aromatic carbocycles. The smallest absolute Gasteiger partial charge is 0.339 e. The molecule has 196 valence electrons. The Morgan fingerprint density at radius 3 is 2.33 bits per heavy atom. The molecule has 11 nitrogen and oxygen atoms in total. The van der Waals surface area contributed by atoms with E-state index in [2.05, 4.69) is 4.98 Å². The van der Waals surface area contributed by atoms with Gasteiger partial charge in [-0.1, -0.05) is 31.5 Å². The van der Waals surface area contributed by atoms with Crippen molar-refractivity contribution in [1.82, 2.24) is 4.98 Å². The number of non-ortho nitro benzene ring substituents is 2. The minimum atomic E-state index is -0.710. The number of esters is 1. The predicted molar refractivity (Wildman–Crippen MR) is 145 cm³/mol. The first-order chi connectivity index (χ1) is 18.9. The highest BCUT2D eigenvalue weighted by molar-refractivity contribution is 6.27. The quantitative estimate of drug-likeness (QED) is 0.102. The number of nitrogens with one attached hydrogen (secondary N) is 1. The van der Waals surface area contributed by atoms with E-state index in [1.165, 1.54) is 30.3 Å². The Morgan fingerprint density at radius 2 is 1.67 bits per heavy atom. The number of ether oxygens (including phenoxy) is 1. The van der Waals surface area contributed by atoms with Crippen LogP contribution in [0.3, 0.4) is 0 Å². The SMILES string of the molecule is CCCCOC(=O)c1cc([N+](=O)[O-])cc2c1-c1ccc([N+](=O)[O-])cc1C2=NN(c1ccccc1)c1ccc[nH]1. The number of unbranched alkanes of at least 4 members (excludes halogenated alkanes) is 1. The Hall–Kier alpha value is -5.32. The van der Waals surface area contributed by atoms with E-state index in [-0.39, 0.29) is 29.3 Å². The Balaban J connectivity index is 1.78. The molecular weight excluding hydrogens is 502 g/mol. The van der Waals surface area contributed by atoms with Gasteiger partial charge < -0.3 is 9.72 Å². The van der Waals surface area contributed by atoms with Crippen LogP contribution in [0.1, 0.15) is 41.3 Å². The second kappa shape index (κ2) is 10.6. The number of fused-ring (bicyclic) bond motifs is 3. The number of hydrogen-bond acceptors (Lipinski definition) is 8. The van der Waals surface area contributed by atoms with Gasteiger partial charge in [-0.05, 0) is 42.3 Å². The fourth-order valence-corrected chi connectivity index (χ4v) is 4.44. The first kappa shape index (κ1) is 25.3. The molecule has 1 heterocycles. The summed E-state index contributed by atoms with van der Waals surface area (Å²) in [5, 5.41) is 30.0. The molecule has 1 aromatic heterocycles. The van der Waals surface area contributed by atoms with Gasteiger partial charge in [-0.3, -0.25) is 20.2 Å². The lowest BCUT2D eigenvalue weighted by Gasteiger charge is -2.19. The molecule has 0 bridgehead atoms. The molecule has 0 spiro atoms. The maximum atomic E-state index is 13.2. The summed E-state index contributed by atoms with van der Waals surface area (Å²) < 4.78 is 5.42. The first-order valence-corrected chi connectivity index (χ1v) is 12.2. The number of carbonyl (C=O) groups is 1. The number of para-hydroxylation sites is 1. The van der Waals surface area contributed by atoms with Crippen LogP contribution in [0.4, 0.5) is 22.9 Å². The predicted octanol–water partition coefficient (Wildman–Crippen LogP) is 6.36. The number of rotatable bonds is 9. The number of carbonyl (C=O) groups excluding carboxylic acids is 1. The zero-order chi connectivity index (χ0) is 27.5. The second-order valence-corrected chi connectivity index (χ2v) is 8.80. The van der Waals surface area contributed by atoms with Crippen LogP contribution in [0.25, 0.3) is 11.1 Å². The van der Waals surface area contributed by atoms with Gasteiger partial charge in [0.05, 0.1) is 27.7 Å². The van der Waals surface area contributed by atoms with E-state index in [4.69, 9.17) is 9.84 Å². The highest BCUT2D eigenvalue weighted by atomic mass is 16.6. The number of nitro benzene ring substituents is 2. The third-order valence-electron chi connectivity index (χ3n) is 6.29.